The van der Waals surface area contributed by atoms with Crippen molar-refractivity contribution < 1.29 is 4.74 Å². The summed E-state index contributed by atoms with van der Waals surface area (Å²) in [6, 6.07) is 6.29. The molecule has 0 bridgehead atoms. The molecule has 90 valence electrons. The van der Waals surface area contributed by atoms with Crippen molar-refractivity contribution in [1.82, 2.24) is 0 Å². The summed E-state index contributed by atoms with van der Waals surface area (Å²) >= 11 is 0. The summed E-state index contributed by atoms with van der Waals surface area (Å²) in [5.74, 6) is 0.831. The standard InChI is InChI=1S/C13H22N2O/c1-9(2)15(5)12-6-11(14)7-13(8-12)16-10(3)4/h6-10H,14H2,1-5H3. The molecule has 0 saturated heterocycles. The predicted molar refractivity (Wildman–Crippen MR) is 70.2 cm³/mol. The summed E-state index contributed by atoms with van der Waals surface area (Å²) in [4.78, 5) is 2.17. The summed E-state index contributed by atoms with van der Waals surface area (Å²) in [5.41, 5.74) is 7.69. The number of benzene rings is 1. The van der Waals surface area contributed by atoms with E-state index in [0.29, 0.717) is 6.04 Å². The van der Waals surface area contributed by atoms with Crippen LogP contribution in [0.1, 0.15) is 27.7 Å². The van der Waals surface area contributed by atoms with Crippen LogP contribution in [0.25, 0.3) is 0 Å². The molecule has 1 aromatic carbocycles. The molecule has 0 spiro atoms. The van der Waals surface area contributed by atoms with Gasteiger partial charge >= 0.3 is 0 Å². The number of hydrogen-bond acceptors (Lipinski definition) is 3. The molecule has 0 atom stereocenters. The van der Waals surface area contributed by atoms with Crippen LogP contribution in [0.2, 0.25) is 0 Å². The Hall–Kier alpha value is -1.38. The van der Waals surface area contributed by atoms with Crippen molar-refractivity contribution in [2.45, 2.75) is 39.8 Å². The third-order valence-electron chi connectivity index (χ3n) is 2.47. The minimum absolute atomic E-state index is 0.166. The van der Waals surface area contributed by atoms with E-state index in [9.17, 15) is 0 Å². The molecule has 0 aliphatic heterocycles. The van der Waals surface area contributed by atoms with E-state index in [1.165, 1.54) is 0 Å². The molecule has 2 N–H and O–H groups in total. The van der Waals surface area contributed by atoms with Crippen molar-refractivity contribution >= 4 is 11.4 Å². The van der Waals surface area contributed by atoms with Crippen molar-refractivity contribution in [2.24, 2.45) is 0 Å². The van der Waals surface area contributed by atoms with Gasteiger partial charge in [-0.2, -0.15) is 0 Å². The van der Waals surface area contributed by atoms with E-state index in [1.807, 2.05) is 32.0 Å². The molecule has 0 radical (unpaired) electrons. The van der Waals surface area contributed by atoms with Gasteiger partial charge in [-0.25, -0.2) is 0 Å². The van der Waals surface area contributed by atoms with Crippen LogP contribution >= 0.6 is 0 Å². The fraction of sp³-hybridized carbons (Fsp3) is 0.538. The average molecular weight is 222 g/mol. The van der Waals surface area contributed by atoms with Gasteiger partial charge in [0.25, 0.3) is 0 Å². The molecular formula is C13H22N2O. The molecule has 0 aromatic heterocycles. The smallest absolute Gasteiger partial charge is 0.123 e. The number of rotatable bonds is 4. The Morgan fingerprint density at radius 3 is 2.25 bits per heavy atom. The quantitative estimate of drug-likeness (QED) is 0.796. The first-order valence-electron chi connectivity index (χ1n) is 5.70. The third kappa shape index (κ3) is 3.33. The zero-order valence-corrected chi connectivity index (χ0v) is 10.8. The lowest BCUT2D eigenvalue weighted by Crippen LogP contribution is -2.25. The molecular weight excluding hydrogens is 200 g/mol. The second-order valence-electron chi connectivity index (χ2n) is 4.63. The highest BCUT2D eigenvalue weighted by atomic mass is 16.5. The average Bonchev–Trinajstić information content (AvgIpc) is 2.14. The van der Waals surface area contributed by atoms with Crippen LogP contribution in [0.15, 0.2) is 18.2 Å². The van der Waals surface area contributed by atoms with Crippen LogP contribution in [0, 0.1) is 0 Å². The Labute approximate surface area is 98.2 Å². The first-order chi connectivity index (χ1) is 7.40. The van der Waals surface area contributed by atoms with Crippen LogP contribution in [-0.2, 0) is 0 Å². The number of anilines is 2. The van der Waals surface area contributed by atoms with Crippen LogP contribution < -0.4 is 15.4 Å². The second-order valence-corrected chi connectivity index (χ2v) is 4.63. The van der Waals surface area contributed by atoms with Crippen molar-refractivity contribution in [3.63, 3.8) is 0 Å². The predicted octanol–water partition coefficient (Wildman–Crippen LogP) is 2.90. The van der Waals surface area contributed by atoms with Gasteiger partial charge in [-0.3, -0.25) is 0 Å². The highest BCUT2D eigenvalue weighted by molar-refractivity contribution is 5.60. The van der Waals surface area contributed by atoms with Gasteiger partial charge in [0.1, 0.15) is 5.75 Å². The lowest BCUT2D eigenvalue weighted by molar-refractivity contribution is 0.242. The highest BCUT2D eigenvalue weighted by Gasteiger charge is 2.08. The Kier molecular flexibility index (Phi) is 4.05. The Balaban J connectivity index is 2.98. The topological polar surface area (TPSA) is 38.5 Å². The van der Waals surface area contributed by atoms with Gasteiger partial charge in [0.15, 0.2) is 0 Å². The summed E-state index contributed by atoms with van der Waals surface area (Å²) in [6.07, 6.45) is 0.166. The van der Waals surface area contributed by atoms with E-state index >= 15 is 0 Å². The minimum atomic E-state index is 0.166. The van der Waals surface area contributed by atoms with Gasteiger partial charge < -0.3 is 15.4 Å². The van der Waals surface area contributed by atoms with Gasteiger partial charge in [0.05, 0.1) is 6.10 Å². The van der Waals surface area contributed by atoms with Crippen molar-refractivity contribution in [3.8, 4) is 5.75 Å². The fourth-order valence-electron chi connectivity index (χ4n) is 1.45. The Morgan fingerprint density at radius 2 is 1.75 bits per heavy atom. The van der Waals surface area contributed by atoms with Crippen LogP contribution in [0.4, 0.5) is 11.4 Å². The molecule has 0 heterocycles. The van der Waals surface area contributed by atoms with Crippen molar-refractivity contribution in [1.29, 1.82) is 0 Å². The van der Waals surface area contributed by atoms with E-state index in [4.69, 9.17) is 10.5 Å². The van der Waals surface area contributed by atoms with Gasteiger partial charge in [-0.05, 0) is 33.8 Å². The maximum absolute atomic E-state index is 5.87. The van der Waals surface area contributed by atoms with E-state index in [1.54, 1.807) is 0 Å². The molecule has 0 fully saturated rings. The maximum atomic E-state index is 5.87. The lowest BCUT2D eigenvalue weighted by Gasteiger charge is -2.25. The van der Waals surface area contributed by atoms with E-state index in [2.05, 4.69) is 25.8 Å². The molecule has 0 saturated carbocycles. The molecule has 0 unspecified atom stereocenters. The number of nitrogens with zero attached hydrogens (tertiary/aromatic N) is 1. The maximum Gasteiger partial charge on any atom is 0.123 e. The van der Waals surface area contributed by atoms with E-state index in [0.717, 1.165) is 17.1 Å². The minimum Gasteiger partial charge on any atom is -0.491 e. The summed E-state index contributed by atoms with van der Waals surface area (Å²) in [5, 5.41) is 0. The highest BCUT2D eigenvalue weighted by Crippen LogP contribution is 2.26. The molecule has 0 amide bonds. The first-order valence-corrected chi connectivity index (χ1v) is 5.70. The summed E-state index contributed by atoms with van der Waals surface area (Å²) < 4.78 is 5.66. The molecule has 0 aliphatic rings. The molecule has 1 rings (SSSR count). The van der Waals surface area contributed by atoms with Crippen LogP contribution in [0.3, 0.4) is 0 Å². The van der Waals surface area contributed by atoms with Crippen molar-refractivity contribution in [3.05, 3.63) is 18.2 Å². The monoisotopic (exact) mass is 222 g/mol. The number of nitrogen functional groups attached to an aromatic ring is 1. The van der Waals surface area contributed by atoms with E-state index < -0.39 is 0 Å². The summed E-state index contributed by atoms with van der Waals surface area (Å²) in [7, 11) is 2.05. The van der Waals surface area contributed by atoms with Crippen LogP contribution in [-0.4, -0.2) is 19.2 Å². The Morgan fingerprint density at radius 1 is 1.12 bits per heavy atom. The number of hydrogen-bond donors (Lipinski definition) is 1. The zero-order chi connectivity index (χ0) is 12.3. The molecule has 1 aromatic rings. The zero-order valence-electron chi connectivity index (χ0n) is 10.8. The third-order valence-corrected chi connectivity index (χ3v) is 2.47. The number of ether oxygens (including phenoxy) is 1. The van der Waals surface area contributed by atoms with Gasteiger partial charge in [0.2, 0.25) is 0 Å². The second kappa shape index (κ2) is 5.10. The van der Waals surface area contributed by atoms with Gasteiger partial charge in [-0.1, -0.05) is 0 Å². The largest absolute Gasteiger partial charge is 0.491 e. The number of nitrogens with two attached hydrogens (primary N) is 1. The van der Waals surface area contributed by atoms with E-state index in [-0.39, 0.29) is 6.10 Å². The van der Waals surface area contributed by atoms with Gasteiger partial charge in [-0.15, -0.1) is 0 Å². The Bertz CT molecular complexity index is 348. The SMILES string of the molecule is CC(C)Oc1cc(N)cc(N(C)C(C)C)c1. The fourth-order valence-corrected chi connectivity index (χ4v) is 1.45. The molecule has 0 aliphatic carbocycles. The summed E-state index contributed by atoms with van der Waals surface area (Å²) in [6.45, 7) is 8.31. The molecule has 3 nitrogen and oxygen atoms in total. The first kappa shape index (κ1) is 12.7. The molecule has 16 heavy (non-hydrogen) atoms. The van der Waals surface area contributed by atoms with Gasteiger partial charge in [0, 0.05) is 36.6 Å². The lowest BCUT2D eigenvalue weighted by atomic mass is 10.2. The van der Waals surface area contributed by atoms with Crippen LogP contribution in [0.5, 0.6) is 5.75 Å². The van der Waals surface area contributed by atoms with Crippen molar-refractivity contribution in [2.75, 3.05) is 17.7 Å². The molecule has 3 heteroatoms. The normalized spacial score (nSPS) is 10.9.